The molecule has 0 N–H and O–H groups in total. The molecule has 2 aromatic heterocycles. The smallest absolute Gasteiger partial charge is 0.232 e. The molecular formula is C18H21N3O2. The largest absolute Gasteiger partial charge is 0.468 e. The fourth-order valence-electron chi connectivity index (χ4n) is 2.82. The summed E-state index contributed by atoms with van der Waals surface area (Å²) in [4.78, 5) is 16.7. The van der Waals surface area contributed by atoms with E-state index in [1.807, 2.05) is 46.8 Å². The fraction of sp³-hybridized carbons (Fsp3) is 0.389. The van der Waals surface area contributed by atoms with Gasteiger partial charge in [-0.15, -0.1) is 0 Å². The van der Waals surface area contributed by atoms with Gasteiger partial charge in [-0.05, 0) is 52.3 Å². The highest BCUT2D eigenvalue weighted by atomic mass is 16.5. The van der Waals surface area contributed by atoms with Crippen LogP contribution in [0.15, 0.2) is 12.1 Å². The van der Waals surface area contributed by atoms with E-state index in [2.05, 4.69) is 15.6 Å². The van der Waals surface area contributed by atoms with E-state index in [-0.39, 0.29) is 18.3 Å². The Hall–Kier alpha value is -2.61. The number of aromatic nitrogens is 2. The highest BCUT2D eigenvalue weighted by Crippen LogP contribution is 2.21. The Morgan fingerprint density at radius 1 is 1.30 bits per heavy atom. The molecule has 23 heavy (non-hydrogen) atoms. The first-order valence-electron chi connectivity index (χ1n) is 7.60. The summed E-state index contributed by atoms with van der Waals surface area (Å²) in [5.74, 6) is 0.116. The number of Topliss-reactive ketones (excluding diaryl/α,β-unsaturated/α-hetero) is 1. The molecule has 0 radical (unpaired) electrons. The number of ketones is 1. The molecule has 0 fully saturated rings. The van der Waals surface area contributed by atoms with Gasteiger partial charge in [0.25, 0.3) is 0 Å². The van der Waals surface area contributed by atoms with Crippen LogP contribution in [0.3, 0.4) is 0 Å². The standard InChI is InChI=1S/C18H21N3O2/c1-6-21-13(4)8-15(14(21)5)17(22)10-23-18-16(9-19)11(2)7-12(3)20-18/h7-8H,6,10H2,1-5H3. The maximum Gasteiger partial charge on any atom is 0.232 e. The van der Waals surface area contributed by atoms with Crippen molar-refractivity contribution in [3.05, 3.63) is 45.9 Å². The fourth-order valence-corrected chi connectivity index (χ4v) is 2.82. The summed E-state index contributed by atoms with van der Waals surface area (Å²) in [7, 11) is 0. The van der Waals surface area contributed by atoms with Gasteiger partial charge < -0.3 is 9.30 Å². The van der Waals surface area contributed by atoms with Crippen LogP contribution in [0.25, 0.3) is 0 Å². The van der Waals surface area contributed by atoms with E-state index in [9.17, 15) is 10.1 Å². The Morgan fingerprint density at radius 3 is 2.57 bits per heavy atom. The monoisotopic (exact) mass is 311 g/mol. The van der Waals surface area contributed by atoms with Crippen LogP contribution in [-0.4, -0.2) is 21.9 Å². The summed E-state index contributed by atoms with van der Waals surface area (Å²) in [5.41, 5.74) is 4.58. The first-order valence-corrected chi connectivity index (χ1v) is 7.60. The summed E-state index contributed by atoms with van der Waals surface area (Å²) < 4.78 is 7.64. The second-order valence-corrected chi connectivity index (χ2v) is 5.61. The van der Waals surface area contributed by atoms with Crippen molar-refractivity contribution in [2.45, 2.75) is 41.2 Å². The molecule has 0 atom stereocenters. The molecule has 2 rings (SSSR count). The highest BCUT2D eigenvalue weighted by molar-refractivity contribution is 5.98. The molecule has 0 saturated carbocycles. The van der Waals surface area contributed by atoms with Crippen molar-refractivity contribution in [3.8, 4) is 11.9 Å². The van der Waals surface area contributed by atoms with Crippen molar-refractivity contribution in [2.24, 2.45) is 0 Å². The van der Waals surface area contributed by atoms with Gasteiger partial charge in [-0.2, -0.15) is 5.26 Å². The first kappa shape index (κ1) is 16.8. The molecule has 2 aromatic rings. The Morgan fingerprint density at radius 2 is 2.00 bits per heavy atom. The minimum Gasteiger partial charge on any atom is -0.468 e. The third kappa shape index (κ3) is 3.26. The summed E-state index contributed by atoms with van der Waals surface area (Å²) in [6, 6.07) is 5.79. The minimum atomic E-state index is -0.126. The second kappa shape index (κ2) is 6.66. The van der Waals surface area contributed by atoms with Crippen molar-refractivity contribution in [1.82, 2.24) is 9.55 Å². The lowest BCUT2D eigenvalue weighted by Gasteiger charge is -2.09. The van der Waals surface area contributed by atoms with Gasteiger partial charge in [0.05, 0.1) is 0 Å². The molecule has 5 nitrogen and oxygen atoms in total. The van der Waals surface area contributed by atoms with Gasteiger partial charge in [-0.3, -0.25) is 4.79 Å². The topological polar surface area (TPSA) is 67.9 Å². The van der Waals surface area contributed by atoms with E-state index in [0.717, 1.165) is 29.2 Å². The average molecular weight is 311 g/mol. The number of hydrogen-bond donors (Lipinski definition) is 0. The number of hydrogen-bond acceptors (Lipinski definition) is 4. The van der Waals surface area contributed by atoms with Gasteiger partial charge in [-0.25, -0.2) is 4.98 Å². The van der Waals surface area contributed by atoms with Crippen LogP contribution in [0, 0.1) is 39.0 Å². The zero-order valence-corrected chi connectivity index (χ0v) is 14.2. The molecule has 0 unspecified atom stereocenters. The zero-order chi connectivity index (χ0) is 17.1. The molecule has 0 aromatic carbocycles. The van der Waals surface area contributed by atoms with E-state index in [1.54, 1.807) is 0 Å². The zero-order valence-electron chi connectivity index (χ0n) is 14.2. The Balaban J connectivity index is 2.22. The molecule has 5 heteroatoms. The third-order valence-corrected chi connectivity index (χ3v) is 3.95. The van der Waals surface area contributed by atoms with Crippen molar-refractivity contribution < 1.29 is 9.53 Å². The molecular weight excluding hydrogens is 290 g/mol. The summed E-state index contributed by atoms with van der Waals surface area (Å²) in [6.07, 6.45) is 0. The normalized spacial score (nSPS) is 10.4. The van der Waals surface area contributed by atoms with Gasteiger partial charge in [0.2, 0.25) is 11.7 Å². The minimum absolute atomic E-state index is 0.109. The van der Waals surface area contributed by atoms with Crippen LogP contribution < -0.4 is 4.74 Å². The van der Waals surface area contributed by atoms with Gasteiger partial charge in [0.1, 0.15) is 11.6 Å². The predicted octanol–water partition coefficient (Wildman–Crippen LogP) is 3.27. The molecule has 2 heterocycles. The molecule has 0 spiro atoms. The number of nitrogens with zero attached hydrogens (tertiary/aromatic N) is 3. The number of ether oxygens (including phenoxy) is 1. The number of pyridine rings is 1. The Bertz CT molecular complexity index is 798. The molecule has 0 bridgehead atoms. The van der Waals surface area contributed by atoms with E-state index >= 15 is 0 Å². The molecule has 0 aliphatic heterocycles. The van der Waals surface area contributed by atoms with Crippen molar-refractivity contribution in [3.63, 3.8) is 0 Å². The van der Waals surface area contributed by atoms with Crippen LogP contribution in [-0.2, 0) is 6.54 Å². The van der Waals surface area contributed by atoms with E-state index in [0.29, 0.717) is 11.1 Å². The number of carbonyl (C=O) groups is 1. The van der Waals surface area contributed by atoms with Crippen molar-refractivity contribution in [1.29, 1.82) is 5.26 Å². The highest BCUT2D eigenvalue weighted by Gasteiger charge is 2.17. The van der Waals surface area contributed by atoms with Crippen molar-refractivity contribution in [2.75, 3.05) is 6.61 Å². The van der Waals surface area contributed by atoms with E-state index < -0.39 is 0 Å². The maximum atomic E-state index is 12.4. The summed E-state index contributed by atoms with van der Waals surface area (Å²) in [5, 5.41) is 9.23. The molecule has 0 saturated heterocycles. The average Bonchev–Trinajstić information content (AvgIpc) is 2.78. The van der Waals surface area contributed by atoms with Crippen LogP contribution in [0.5, 0.6) is 5.88 Å². The van der Waals surface area contributed by atoms with Crippen LogP contribution >= 0.6 is 0 Å². The summed E-state index contributed by atoms with van der Waals surface area (Å²) >= 11 is 0. The third-order valence-electron chi connectivity index (χ3n) is 3.95. The quantitative estimate of drug-likeness (QED) is 0.795. The number of carbonyl (C=O) groups excluding carboxylic acids is 1. The second-order valence-electron chi connectivity index (χ2n) is 5.61. The van der Waals surface area contributed by atoms with E-state index in [1.165, 1.54) is 0 Å². The predicted molar refractivity (Wildman–Crippen MR) is 87.8 cm³/mol. The van der Waals surface area contributed by atoms with Gasteiger partial charge in [0, 0.05) is 29.2 Å². The van der Waals surface area contributed by atoms with Gasteiger partial charge in [0.15, 0.2) is 6.61 Å². The number of aryl methyl sites for hydroxylation is 3. The van der Waals surface area contributed by atoms with Crippen LogP contribution in [0.4, 0.5) is 0 Å². The first-order chi connectivity index (χ1) is 10.9. The number of nitriles is 1. The van der Waals surface area contributed by atoms with Crippen molar-refractivity contribution >= 4 is 5.78 Å². The summed E-state index contributed by atoms with van der Waals surface area (Å²) in [6.45, 7) is 10.3. The Kier molecular flexibility index (Phi) is 4.85. The lowest BCUT2D eigenvalue weighted by Crippen LogP contribution is -2.14. The Labute approximate surface area is 136 Å². The lowest BCUT2D eigenvalue weighted by molar-refractivity contribution is 0.0917. The molecule has 0 amide bonds. The van der Waals surface area contributed by atoms with E-state index in [4.69, 9.17) is 4.74 Å². The maximum absolute atomic E-state index is 12.4. The van der Waals surface area contributed by atoms with Crippen LogP contribution in [0.1, 0.15) is 45.5 Å². The molecule has 0 aliphatic rings. The lowest BCUT2D eigenvalue weighted by atomic mass is 10.1. The molecule has 0 aliphatic carbocycles. The van der Waals surface area contributed by atoms with Gasteiger partial charge >= 0.3 is 0 Å². The molecule has 120 valence electrons. The number of rotatable bonds is 5. The SMILES string of the molecule is CCn1c(C)cc(C(=O)COc2nc(C)cc(C)c2C#N)c1C. The van der Waals surface area contributed by atoms with Crippen LogP contribution in [0.2, 0.25) is 0 Å². The van der Waals surface area contributed by atoms with Gasteiger partial charge in [-0.1, -0.05) is 0 Å².